The summed E-state index contributed by atoms with van der Waals surface area (Å²) in [7, 11) is 0. The van der Waals surface area contributed by atoms with E-state index in [2.05, 4.69) is 30.9 Å². The number of urea groups is 1. The van der Waals surface area contributed by atoms with Crippen LogP contribution in [-0.2, 0) is 4.79 Å². The van der Waals surface area contributed by atoms with Gasteiger partial charge in [0.25, 0.3) is 5.91 Å². The summed E-state index contributed by atoms with van der Waals surface area (Å²) in [6.07, 6.45) is 10.8. The Bertz CT molecular complexity index is 549. The van der Waals surface area contributed by atoms with E-state index in [4.69, 9.17) is 0 Å². The van der Waals surface area contributed by atoms with E-state index in [1.807, 2.05) is 11.8 Å². The van der Waals surface area contributed by atoms with Crippen molar-refractivity contribution in [2.24, 2.45) is 11.8 Å². The maximum atomic E-state index is 13.1. The van der Waals surface area contributed by atoms with Crippen LogP contribution in [0.1, 0.15) is 59.3 Å². The molecular formula is C21H35N3O2. The molecule has 2 saturated heterocycles. The molecule has 1 aliphatic carbocycles. The normalized spacial score (nSPS) is 26.5. The summed E-state index contributed by atoms with van der Waals surface area (Å²) < 4.78 is 0. The summed E-state index contributed by atoms with van der Waals surface area (Å²) in [6, 6.07) is -0.0657. The van der Waals surface area contributed by atoms with Gasteiger partial charge in [-0.2, -0.15) is 0 Å². The molecule has 26 heavy (non-hydrogen) atoms. The van der Waals surface area contributed by atoms with Crippen molar-refractivity contribution in [3.8, 4) is 0 Å². The van der Waals surface area contributed by atoms with Gasteiger partial charge in [-0.1, -0.05) is 26.0 Å². The zero-order valence-electron chi connectivity index (χ0n) is 16.7. The molecular weight excluding hydrogens is 326 g/mol. The molecule has 0 aromatic heterocycles. The van der Waals surface area contributed by atoms with Gasteiger partial charge in [0.2, 0.25) is 0 Å². The quantitative estimate of drug-likeness (QED) is 0.537. The predicted molar refractivity (Wildman–Crippen MR) is 104 cm³/mol. The van der Waals surface area contributed by atoms with Gasteiger partial charge in [-0.05, 0) is 57.3 Å². The van der Waals surface area contributed by atoms with Gasteiger partial charge in [0.05, 0.1) is 0 Å². The van der Waals surface area contributed by atoms with Crippen molar-refractivity contribution in [2.45, 2.75) is 64.8 Å². The minimum Gasteiger partial charge on any atom is -0.309 e. The molecule has 3 rings (SSSR count). The second-order valence-electron chi connectivity index (χ2n) is 8.65. The number of hydrogen-bond acceptors (Lipinski definition) is 3. The minimum absolute atomic E-state index is 0.0500. The maximum Gasteiger partial charge on any atom is 0.327 e. The van der Waals surface area contributed by atoms with Gasteiger partial charge in [0.15, 0.2) is 0 Å². The van der Waals surface area contributed by atoms with E-state index in [9.17, 15) is 9.59 Å². The smallest absolute Gasteiger partial charge is 0.309 e. The topological polar surface area (TPSA) is 43.9 Å². The molecule has 5 heteroatoms. The van der Waals surface area contributed by atoms with Crippen LogP contribution in [0.4, 0.5) is 4.79 Å². The molecule has 0 radical (unpaired) electrons. The van der Waals surface area contributed by atoms with Crippen LogP contribution >= 0.6 is 0 Å². The number of rotatable bonds is 6. The Morgan fingerprint density at radius 3 is 2.50 bits per heavy atom. The number of likely N-dealkylation sites (N-methyl/N-ethyl adjacent to an activating group) is 1. The minimum atomic E-state index is -0.578. The molecule has 0 unspecified atom stereocenters. The Morgan fingerprint density at radius 2 is 1.92 bits per heavy atom. The molecule has 1 atom stereocenters. The molecule has 146 valence electrons. The summed E-state index contributed by atoms with van der Waals surface area (Å²) in [5, 5.41) is 0. The summed E-state index contributed by atoms with van der Waals surface area (Å²) in [4.78, 5) is 31.9. The van der Waals surface area contributed by atoms with Crippen LogP contribution in [-0.4, -0.2) is 64.9 Å². The number of amides is 3. The predicted octanol–water partition coefficient (Wildman–Crippen LogP) is 3.51. The molecule has 3 aliphatic rings. The summed E-state index contributed by atoms with van der Waals surface area (Å²) >= 11 is 0. The van der Waals surface area contributed by atoms with Gasteiger partial charge in [0.1, 0.15) is 5.54 Å². The molecule has 2 fully saturated rings. The van der Waals surface area contributed by atoms with Crippen molar-refractivity contribution >= 4 is 11.9 Å². The van der Waals surface area contributed by atoms with Gasteiger partial charge in [-0.15, -0.1) is 0 Å². The zero-order valence-corrected chi connectivity index (χ0v) is 16.7. The third kappa shape index (κ3) is 3.68. The van der Waals surface area contributed by atoms with Gasteiger partial charge in [-0.3, -0.25) is 9.69 Å². The van der Waals surface area contributed by atoms with E-state index >= 15 is 0 Å². The number of hydrogen-bond donors (Lipinski definition) is 0. The largest absolute Gasteiger partial charge is 0.327 e. The van der Waals surface area contributed by atoms with Gasteiger partial charge < -0.3 is 9.80 Å². The SMILES string of the molecule is CCN1C(=O)N(CCC(C)C)C2(CCN(C[C@@H]3CC=CCC3)CC2)C1=O. The van der Waals surface area contributed by atoms with E-state index in [-0.39, 0.29) is 11.9 Å². The van der Waals surface area contributed by atoms with Crippen LogP contribution in [0.25, 0.3) is 0 Å². The Balaban J connectivity index is 1.67. The number of piperidine rings is 1. The highest BCUT2D eigenvalue weighted by Gasteiger charge is 2.57. The lowest BCUT2D eigenvalue weighted by Crippen LogP contribution is -2.57. The molecule has 2 aliphatic heterocycles. The Labute approximate surface area is 158 Å². The second kappa shape index (κ2) is 8.12. The van der Waals surface area contributed by atoms with E-state index in [0.29, 0.717) is 19.0 Å². The van der Waals surface area contributed by atoms with Gasteiger partial charge >= 0.3 is 6.03 Å². The Kier molecular flexibility index (Phi) is 6.06. The summed E-state index contributed by atoms with van der Waals surface area (Å²) in [5.41, 5.74) is -0.578. The van der Waals surface area contributed by atoms with Crippen LogP contribution in [0.15, 0.2) is 12.2 Å². The third-order valence-corrected chi connectivity index (χ3v) is 6.45. The summed E-state index contributed by atoms with van der Waals surface area (Å²) in [5.74, 6) is 1.33. The molecule has 2 heterocycles. The van der Waals surface area contributed by atoms with Crippen LogP contribution in [0.2, 0.25) is 0 Å². The second-order valence-corrected chi connectivity index (χ2v) is 8.65. The average molecular weight is 362 g/mol. The number of carbonyl (C=O) groups excluding carboxylic acids is 2. The molecule has 0 saturated carbocycles. The average Bonchev–Trinajstić information content (AvgIpc) is 2.82. The molecule has 1 spiro atoms. The fourth-order valence-electron chi connectivity index (χ4n) is 4.73. The van der Waals surface area contributed by atoms with Crippen molar-refractivity contribution in [2.75, 3.05) is 32.7 Å². The van der Waals surface area contributed by atoms with Crippen LogP contribution < -0.4 is 0 Å². The van der Waals surface area contributed by atoms with Crippen LogP contribution in [0.5, 0.6) is 0 Å². The van der Waals surface area contributed by atoms with Crippen molar-refractivity contribution in [3.63, 3.8) is 0 Å². The third-order valence-electron chi connectivity index (χ3n) is 6.45. The van der Waals surface area contributed by atoms with Crippen LogP contribution in [0, 0.1) is 11.8 Å². The first-order chi connectivity index (χ1) is 12.5. The van der Waals surface area contributed by atoms with Crippen LogP contribution in [0.3, 0.4) is 0 Å². The highest BCUT2D eigenvalue weighted by atomic mass is 16.2. The molecule has 0 aromatic rings. The Hall–Kier alpha value is -1.36. The standard InChI is InChI=1S/C21H35N3O2/c1-4-23-19(25)21(24(20(23)26)13-10-17(2)3)11-14-22(15-12-21)16-18-8-6-5-7-9-18/h5-6,17-18H,4,7-16H2,1-3H3/t18-/m1/s1. The summed E-state index contributed by atoms with van der Waals surface area (Å²) in [6.45, 7) is 10.4. The first-order valence-electron chi connectivity index (χ1n) is 10.5. The number of nitrogens with zero attached hydrogens (tertiary/aromatic N) is 3. The van der Waals surface area contributed by atoms with Crippen molar-refractivity contribution < 1.29 is 9.59 Å². The Morgan fingerprint density at radius 1 is 1.19 bits per heavy atom. The number of allylic oxidation sites excluding steroid dienone is 2. The number of likely N-dealkylation sites (tertiary alicyclic amines) is 1. The lowest BCUT2D eigenvalue weighted by molar-refractivity contribution is -0.135. The highest BCUT2D eigenvalue weighted by molar-refractivity contribution is 6.07. The number of imide groups is 1. The maximum absolute atomic E-state index is 13.1. The van der Waals surface area contributed by atoms with Gasteiger partial charge in [0, 0.05) is 32.7 Å². The molecule has 0 bridgehead atoms. The molecule has 5 nitrogen and oxygen atoms in total. The molecule has 0 aromatic carbocycles. The van der Waals surface area contributed by atoms with Crippen molar-refractivity contribution in [1.29, 1.82) is 0 Å². The lowest BCUT2D eigenvalue weighted by atomic mass is 9.84. The van der Waals surface area contributed by atoms with Crippen molar-refractivity contribution in [3.05, 3.63) is 12.2 Å². The first kappa shape index (κ1) is 19.4. The monoisotopic (exact) mass is 361 g/mol. The van der Waals surface area contributed by atoms with E-state index in [1.54, 1.807) is 0 Å². The highest BCUT2D eigenvalue weighted by Crippen LogP contribution is 2.38. The first-order valence-corrected chi connectivity index (χ1v) is 10.5. The fourth-order valence-corrected chi connectivity index (χ4v) is 4.73. The number of carbonyl (C=O) groups is 2. The molecule has 0 N–H and O–H groups in total. The van der Waals surface area contributed by atoms with E-state index < -0.39 is 5.54 Å². The molecule has 3 amide bonds. The zero-order chi connectivity index (χ0) is 18.7. The van der Waals surface area contributed by atoms with Crippen molar-refractivity contribution in [1.82, 2.24) is 14.7 Å². The van der Waals surface area contributed by atoms with E-state index in [0.717, 1.165) is 44.8 Å². The van der Waals surface area contributed by atoms with E-state index in [1.165, 1.54) is 24.2 Å². The van der Waals surface area contributed by atoms with Gasteiger partial charge in [-0.25, -0.2) is 4.79 Å². The fraction of sp³-hybridized carbons (Fsp3) is 0.810. The lowest BCUT2D eigenvalue weighted by Gasteiger charge is -2.43.